The van der Waals surface area contributed by atoms with Crippen LogP contribution in [0.2, 0.25) is 0 Å². The van der Waals surface area contributed by atoms with Gasteiger partial charge in [-0.3, -0.25) is 0 Å². The third-order valence-corrected chi connectivity index (χ3v) is 4.90. The predicted octanol–water partition coefficient (Wildman–Crippen LogP) is 0.0259. The third-order valence-electron chi connectivity index (χ3n) is 3.27. The van der Waals surface area contributed by atoms with Gasteiger partial charge in [-0.1, -0.05) is 12.1 Å². The molecular weight excluding hydrogens is 245 g/mol. The maximum Gasteiger partial charge on any atom is 0.152 e. The Morgan fingerprint density at radius 3 is 2.29 bits per heavy atom. The average Bonchev–Trinajstić information content (AvgIpc) is 2.87. The predicted molar refractivity (Wildman–Crippen MR) is 61.8 cm³/mol. The molecule has 94 valence electrons. The molecule has 17 heavy (non-hydrogen) atoms. The van der Waals surface area contributed by atoms with Crippen LogP contribution in [-0.2, 0) is 9.84 Å². The van der Waals surface area contributed by atoms with Crippen molar-refractivity contribution in [2.45, 2.75) is 16.7 Å². The minimum absolute atomic E-state index is 0.392. The van der Waals surface area contributed by atoms with E-state index < -0.39 is 39.0 Å². The molecule has 1 fully saturated rings. The smallest absolute Gasteiger partial charge is 0.152 e. The molecule has 0 heterocycles. The van der Waals surface area contributed by atoms with Gasteiger partial charge in [-0.15, -0.1) is 0 Å². The van der Waals surface area contributed by atoms with Crippen LogP contribution in [0, 0.1) is 5.82 Å². The second-order valence-electron chi connectivity index (χ2n) is 4.55. The van der Waals surface area contributed by atoms with Crippen LogP contribution in [0.25, 0.3) is 0 Å². The number of hydrogen-bond donors (Lipinski definition) is 2. The van der Waals surface area contributed by atoms with Crippen molar-refractivity contribution in [2.75, 3.05) is 12.9 Å². The number of benzene rings is 1. The Balaban J connectivity index is 2.37. The molecule has 6 heteroatoms. The van der Waals surface area contributed by atoms with E-state index >= 15 is 0 Å². The van der Waals surface area contributed by atoms with E-state index in [1.54, 1.807) is 0 Å². The van der Waals surface area contributed by atoms with Gasteiger partial charge in [-0.05, 0) is 17.7 Å². The average molecular weight is 259 g/mol. The second kappa shape index (κ2) is 3.76. The first-order chi connectivity index (χ1) is 7.80. The van der Waals surface area contributed by atoms with E-state index in [2.05, 4.69) is 0 Å². The van der Waals surface area contributed by atoms with Gasteiger partial charge >= 0.3 is 0 Å². The summed E-state index contributed by atoms with van der Waals surface area (Å²) in [4.78, 5) is 0. The van der Waals surface area contributed by atoms with Gasteiger partial charge in [-0.2, -0.15) is 0 Å². The lowest BCUT2D eigenvalue weighted by Crippen LogP contribution is -2.34. The number of nitrogens with two attached hydrogens (primary N) is 1. The van der Waals surface area contributed by atoms with E-state index in [4.69, 9.17) is 5.73 Å². The second-order valence-corrected chi connectivity index (χ2v) is 6.72. The molecular formula is C11H14FNO3S. The summed E-state index contributed by atoms with van der Waals surface area (Å²) in [5, 5.41) is 8.42. The molecule has 1 aromatic carbocycles. The monoisotopic (exact) mass is 259 g/mol. The minimum atomic E-state index is -3.34. The molecule has 0 bridgehead atoms. The maximum absolute atomic E-state index is 12.8. The number of hydrogen-bond acceptors (Lipinski definition) is 4. The van der Waals surface area contributed by atoms with Crippen LogP contribution in [-0.4, -0.2) is 37.2 Å². The lowest BCUT2D eigenvalue weighted by atomic mass is 10.1. The van der Waals surface area contributed by atoms with Gasteiger partial charge in [0.15, 0.2) is 9.84 Å². The molecule has 0 spiro atoms. The number of halogens is 1. The lowest BCUT2D eigenvalue weighted by molar-refractivity contribution is 0.253. The summed E-state index contributed by atoms with van der Waals surface area (Å²) >= 11 is 0. The van der Waals surface area contributed by atoms with E-state index in [1.165, 1.54) is 24.3 Å². The van der Waals surface area contributed by atoms with Gasteiger partial charge in [-0.25, -0.2) is 12.8 Å². The van der Waals surface area contributed by atoms with Gasteiger partial charge < -0.3 is 10.8 Å². The minimum Gasteiger partial charge on any atom is -0.394 e. The highest BCUT2D eigenvalue weighted by Crippen LogP contribution is 2.53. The summed E-state index contributed by atoms with van der Waals surface area (Å²) in [5.74, 6) is -0.861. The van der Waals surface area contributed by atoms with Crippen molar-refractivity contribution < 1.29 is 17.9 Å². The van der Waals surface area contributed by atoms with Crippen molar-refractivity contribution in [3.8, 4) is 0 Å². The van der Waals surface area contributed by atoms with Crippen molar-refractivity contribution >= 4 is 9.84 Å². The molecule has 1 aliphatic rings. The molecule has 0 aliphatic heterocycles. The van der Waals surface area contributed by atoms with Crippen molar-refractivity contribution in [2.24, 2.45) is 5.73 Å². The quantitative estimate of drug-likeness (QED) is 0.802. The third kappa shape index (κ3) is 1.96. The van der Waals surface area contributed by atoms with Crippen molar-refractivity contribution in [1.82, 2.24) is 0 Å². The number of rotatable bonds is 3. The molecule has 0 unspecified atom stereocenters. The summed E-state index contributed by atoms with van der Waals surface area (Å²) < 4.78 is 35.9. The van der Waals surface area contributed by atoms with Crippen LogP contribution in [0.4, 0.5) is 4.39 Å². The van der Waals surface area contributed by atoms with E-state index in [1.807, 2.05) is 0 Å². The lowest BCUT2D eigenvalue weighted by Gasteiger charge is -2.06. The Kier molecular flexibility index (Phi) is 2.76. The summed E-state index contributed by atoms with van der Waals surface area (Å²) in [6.07, 6.45) is 1.10. The van der Waals surface area contributed by atoms with Gasteiger partial charge in [0.25, 0.3) is 0 Å². The highest BCUT2D eigenvalue weighted by atomic mass is 32.2. The van der Waals surface area contributed by atoms with Crippen LogP contribution in [0.3, 0.4) is 0 Å². The molecule has 1 aliphatic carbocycles. The van der Waals surface area contributed by atoms with Gasteiger partial charge in [0.1, 0.15) is 5.82 Å². The zero-order valence-corrected chi connectivity index (χ0v) is 10.1. The zero-order chi connectivity index (χ0) is 12.8. The Morgan fingerprint density at radius 2 is 1.94 bits per heavy atom. The molecule has 3 N–H and O–H groups in total. The van der Waals surface area contributed by atoms with Crippen LogP contribution < -0.4 is 5.73 Å². The molecule has 4 nitrogen and oxygen atoms in total. The zero-order valence-electron chi connectivity index (χ0n) is 9.30. The molecule has 0 aromatic heterocycles. The highest BCUT2D eigenvalue weighted by molar-refractivity contribution is 7.91. The summed E-state index contributed by atoms with van der Waals surface area (Å²) in [6, 6.07) is 5.51. The first-order valence-corrected chi connectivity index (χ1v) is 7.10. The fraction of sp³-hybridized carbons (Fsp3) is 0.455. The van der Waals surface area contributed by atoms with Crippen molar-refractivity contribution in [1.29, 1.82) is 0 Å². The summed E-state index contributed by atoms with van der Waals surface area (Å²) in [7, 11) is -3.34. The molecule has 0 saturated heterocycles. The fourth-order valence-electron chi connectivity index (χ4n) is 2.41. The first kappa shape index (κ1) is 12.5. The van der Waals surface area contributed by atoms with Gasteiger partial charge in [0.05, 0.1) is 17.4 Å². The molecule has 0 amide bonds. The van der Waals surface area contributed by atoms with E-state index in [9.17, 15) is 17.9 Å². The summed E-state index contributed by atoms with van der Waals surface area (Å²) in [5.41, 5.74) is 5.36. The summed E-state index contributed by atoms with van der Waals surface area (Å²) in [6.45, 7) is -0.410. The molecule has 2 rings (SSSR count). The highest BCUT2D eigenvalue weighted by Gasteiger charge is 2.67. The standard InChI is InChI=1S/C11H14FNO3S/c1-17(15,16)10-9(11(10,13)6-14)7-2-4-8(12)5-3-7/h2-5,9-10,14H,6,13H2,1H3/t9-,10-,11-/m0/s1. The normalized spacial score (nSPS) is 32.5. The fourth-order valence-corrected chi connectivity index (χ4v) is 4.26. The van der Waals surface area contributed by atoms with Crippen LogP contribution in [0.15, 0.2) is 24.3 Å². The van der Waals surface area contributed by atoms with Crippen molar-refractivity contribution in [3.05, 3.63) is 35.6 Å². The van der Waals surface area contributed by atoms with Crippen LogP contribution in [0.5, 0.6) is 0 Å². The topological polar surface area (TPSA) is 80.4 Å². The number of aliphatic hydroxyl groups excluding tert-OH is 1. The van der Waals surface area contributed by atoms with Gasteiger partial charge in [0, 0.05) is 12.2 Å². The number of sulfone groups is 1. The first-order valence-electron chi connectivity index (χ1n) is 5.15. The van der Waals surface area contributed by atoms with Crippen LogP contribution >= 0.6 is 0 Å². The Bertz CT molecular complexity index is 528. The van der Waals surface area contributed by atoms with Gasteiger partial charge in [0.2, 0.25) is 0 Å². The van der Waals surface area contributed by atoms with E-state index in [-0.39, 0.29) is 0 Å². The SMILES string of the molecule is CS(=O)(=O)[C@H]1[C@H](c2ccc(F)cc2)[C@@]1(N)CO. The van der Waals surface area contributed by atoms with E-state index in [0.717, 1.165) is 6.26 Å². The Morgan fingerprint density at radius 1 is 1.41 bits per heavy atom. The molecule has 0 radical (unpaired) electrons. The van der Waals surface area contributed by atoms with Crippen molar-refractivity contribution in [3.63, 3.8) is 0 Å². The molecule has 3 atom stereocenters. The van der Waals surface area contributed by atoms with E-state index in [0.29, 0.717) is 5.56 Å². The molecule has 1 aromatic rings. The maximum atomic E-state index is 12.8. The van der Waals surface area contributed by atoms with Crippen LogP contribution in [0.1, 0.15) is 11.5 Å². The molecule has 1 saturated carbocycles. The largest absolute Gasteiger partial charge is 0.394 e. The number of aliphatic hydroxyl groups is 1. The Labute approximate surface area is 99.2 Å². The Hall–Kier alpha value is -0.980.